The molecule has 1 fully saturated rings. The number of hydrogen-bond acceptors (Lipinski definition) is 4. The van der Waals surface area contributed by atoms with Crippen molar-refractivity contribution in [3.63, 3.8) is 0 Å². The molecule has 1 N–H and O–H groups in total. The molecule has 0 spiro atoms. The Morgan fingerprint density at radius 3 is 2.20 bits per heavy atom. The largest absolute Gasteiger partial charge is 0.383 e. The van der Waals surface area contributed by atoms with Crippen LogP contribution in [0.1, 0.15) is 5.56 Å². The fourth-order valence-electron chi connectivity index (χ4n) is 2.58. The molecule has 0 aliphatic carbocycles. The first-order valence-corrected chi connectivity index (χ1v) is 8.47. The Bertz CT molecular complexity index is 547. The highest BCUT2D eigenvalue weighted by atomic mass is 35.5. The summed E-state index contributed by atoms with van der Waals surface area (Å²) in [5, 5.41) is 3.71. The number of halogens is 2. The lowest BCUT2D eigenvalue weighted by Crippen LogP contribution is -2.52. The van der Waals surface area contributed by atoms with E-state index in [0.717, 1.165) is 5.56 Å². The van der Waals surface area contributed by atoms with Crippen LogP contribution >= 0.6 is 24.0 Å². The van der Waals surface area contributed by atoms with Crippen LogP contribution in [0.15, 0.2) is 24.3 Å². The van der Waals surface area contributed by atoms with E-state index in [1.807, 2.05) is 17.0 Å². The van der Waals surface area contributed by atoms with Crippen LogP contribution in [0.3, 0.4) is 0 Å². The van der Waals surface area contributed by atoms with Crippen molar-refractivity contribution in [2.24, 2.45) is 0 Å². The molecule has 25 heavy (non-hydrogen) atoms. The molecule has 140 valence electrons. The van der Waals surface area contributed by atoms with Gasteiger partial charge in [-0.3, -0.25) is 9.59 Å². The number of carbonyl (C=O) groups excluding carboxylic acids is 2. The van der Waals surface area contributed by atoms with Crippen LogP contribution in [0.5, 0.6) is 0 Å². The van der Waals surface area contributed by atoms with Gasteiger partial charge in [0.1, 0.15) is 0 Å². The van der Waals surface area contributed by atoms with Crippen molar-refractivity contribution in [2.45, 2.75) is 6.42 Å². The van der Waals surface area contributed by atoms with Gasteiger partial charge < -0.3 is 19.9 Å². The third-order valence-electron chi connectivity index (χ3n) is 4.01. The van der Waals surface area contributed by atoms with Crippen LogP contribution in [0.25, 0.3) is 0 Å². The second-order valence-corrected chi connectivity index (χ2v) is 6.17. The normalized spacial score (nSPS) is 14.2. The van der Waals surface area contributed by atoms with Crippen molar-refractivity contribution in [3.05, 3.63) is 34.9 Å². The van der Waals surface area contributed by atoms with Gasteiger partial charge in [0.2, 0.25) is 11.8 Å². The molecule has 6 nitrogen and oxygen atoms in total. The molecule has 0 bridgehead atoms. The number of piperazine rings is 1. The van der Waals surface area contributed by atoms with Gasteiger partial charge >= 0.3 is 0 Å². The highest BCUT2D eigenvalue weighted by Gasteiger charge is 2.23. The summed E-state index contributed by atoms with van der Waals surface area (Å²) >= 11 is 5.85. The van der Waals surface area contributed by atoms with Gasteiger partial charge in [0, 0.05) is 44.9 Å². The van der Waals surface area contributed by atoms with E-state index in [9.17, 15) is 9.59 Å². The molecule has 1 aliphatic heterocycles. The molecule has 2 amide bonds. The molecule has 0 atom stereocenters. The summed E-state index contributed by atoms with van der Waals surface area (Å²) in [6.45, 7) is 3.87. The zero-order valence-electron chi connectivity index (χ0n) is 14.4. The second kappa shape index (κ2) is 11.3. The van der Waals surface area contributed by atoms with Crippen molar-refractivity contribution in [2.75, 3.05) is 53.0 Å². The molecule has 1 saturated heterocycles. The monoisotopic (exact) mass is 389 g/mol. The lowest BCUT2D eigenvalue weighted by molar-refractivity contribution is -0.138. The molecule has 0 unspecified atom stereocenters. The van der Waals surface area contributed by atoms with Gasteiger partial charge in [0.15, 0.2) is 0 Å². The topological polar surface area (TPSA) is 61.9 Å². The zero-order valence-corrected chi connectivity index (χ0v) is 15.9. The number of amides is 2. The zero-order chi connectivity index (χ0) is 17.4. The van der Waals surface area contributed by atoms with Gasteiger partial charge in [-0.25, -0.2) is 0 Å². The number of hydrogen-bond donors (Lipinski definition) is 1. The smallest absolute Gasteiger partial charge is 0.236 e. The number of methoxy groups -OCH3 is 1. The molecule has 0 saturated carbocycles. The molecule has 1 aromatic rings. The summed E-state index contributed by atoms with van der Waals surface area (Å²) < 4.78 is 4.93. The SMILES string of the molecule is COCCNCC(=O)N1CCN(C(=O)Cc2ccc(Cl)cc2)CC1.Cl. The van der Waals surface area contributed by atoms with Crippen LogP contribution in [-0.2, 0) is 20.7 Å². The van der Waals surface area contributed by atoms with Gasteiger partial charge in [-0.15, -0.1) is 12.4 Å². The summed E-state index contributed by atoms with van der Waals surface area (Å²) in [4.78, 5) is 28.0. The molecular formula is C17H25Cl2N3O3. The fourth-order valence-corrected chi connectivity index (χ4v) is 2.70. The lowest BCUT2D eigenvalue weighted by Gasteiger charge is -2.35. The van der Waals surface area contributed by atoms with Gasteiger partial charge in [-0.05, 0) is 17.7 Å². The number of rotatable bonds is 7. The Kier molecular flexibility index (Phi) is 9.82. The summed E-state index contributed by atoms with van der Waals surface area (Å²) in [6, 6.07) is 7.31. The van der Waals surface area contributed by atoms with Crippen molar-refractivity contribution < 1.29 is 14.3 Å². The molecular weight excluding hydrogens is 365 g/mol. The lowest BCUT2D eigenvalue weighted by atomic mass is 10.1. The molecule has 1 aromatic carbocycles. The molecule has 0 radical (unpaired) electrons. The van der Waals surface area contributed by atoms with E-state index >= 15 is 0 Å². The minimum atomic E-state index is 0. The Morgan fingerprint density at radius 2 is 1.64 bits per heavy atom. The van der Waals surface area contributed by atoms with E-state index in [4.69, 9.17) is 16.3 Å². The van der Waals surface area contributed by atoms with Gasteiger partial charge in [-0.1, -0.05) is 23.7 Å². The Labute approximate surface area is 159 Å². The van der Waals surface area contributed by atoms with Crippen molar-refractivity contribution >= 4 is 35.8 Å². The predicted molar refractivity (Wildman–Crippen MR) is 100 cm³/mol. The number of benzene rings is 1. The van der Waals surface area contributed by atoms with Gasteiger partial charge in [0.25, 0.3) is 0 Å². The predicted octanol–water partition coefficient (Wildman–Crippen LogP) is 1.21. The van der Waals surface area contributed by atoms with Gasteiger partial charge in [-0.2, -0.15) is 0 Å². The van der Waals surface area contributed by atoms with Crippen molar-refractivity contribution in [1.29, 1.82) is 0 Å². The average molecular weight is 390 g/mol. The quantitative estimate of drug-likeness (QED) is 0.712. The average Bonchev–Trinajstić information content (AvgIpc) is 2.60. The minimum absolute atomic E-state index is 0. The first-order chi connectivity index (χ1) is 11.6. The maximum absolute atomic E-state index is 12.3. The number of nitrogens with one attached hydrogen (secondary N) is 1. The molecule has 2 rings (SSSR count). The third kappa shape index (κ3) is 7.20. The summed E-state index contributed by atoms with van der Waals surface area (Å²) in [5.74, 6) is 0.151. The van der Waals surface area contributed by atoms with Crippen LogP contribution < -0.4 is 5.32 Å². The molecule has 0 aromatic heterocycles. The first-order valence-electron chi connectivity index (χ1n) is 8.10. The highest BCUT2D eigenvalue weighted by molar-refractivity contribution is 6.30. The van der Waals surface area contributed by atoms with Gasteiger partial charge in [0.05, 0.1) is 19.6 Å². The maximum atomic E-state index is 12.3. The first kappa shape index (κ1) is 21.7. The molecule has 1 aliphatic rings. The highest BCUT2D eigenvalue weighted by Crippen LogP contribution is 2.12. The van der Waals surface area contributed by atoms with Crippen LogP contribution in [0, 0.1) is 0 Å². The summed E-state index contributed by atoms with van der Waals surface area (Å²) in [6.07, 6.45) is 0.365. The van der Waals surface area contributed by atoms with E-state index < -0.39 is 0 Å². The van der Waals surface area contributed by atoms with E-state index in [0.29, 0.717) is 57.3 Å². The fraction of sp³-hybridized carbons (Fsp3) is 0.529. The molecule has 8 heteroatoms. The van der Waals surface area contributed by atoms with Crippen molar-refractivity contribution in [3.8, 4) is 0 Å². The van der Waals surface area contributed by atoms with Crippen molar-refractivity contribution in [1.82, 2.24) is 15.1 Å². The minimum Gasteiger partial charge on any atom is -0.383 e. The molecule has 1 heterocycles. The van der Waals surface area contributed by atoms with E-state index in [1.165, 1.54) is 0 Å². The standard InChI is InChI=1S/C17H24ClN3O3.ClH/c1-24-11-6-19-13-17(23)21-9-7-20(8-10-21)16(22)12-14-2-4-15(18)5-3-14;/h2-5,19H,6-13H2,1H3;1H. The Morgan fingerprint density at radius 1 is 1.08 bits per heavy atom. The Hall–Kier alpha value is -1.34. The van der Waals surface area contributed by atoms with E-state index in [2.05, 4.69) is 5.32 Å². The maximum Gasteiger partial charge on any atom is 0.236 e. The third-order valence-corrected chi connectivity index (χ3v) is 4.26. The van der Waals surface area contributed by atoms with Crippen LogP contribution in [-0.4, -0.2) is 74.6 Å². The number of carbonyl (C=O) groups is 2. The number of nitrogens with zero attached hydrogens (tertiary/aromatic N) is 2. The number of ether oxygens (including phenoxy) is 1. The summed E-state index contributed by atoms with van der Waals surface area (Å²) in [5.41, 5.74) is 0.949. The van der Waals surface area contributed by atoms with Crippen LogP contribution in [0.2, 0.25) is 5.02 Å². The second-order valence-electron chi connectivity index (χ2n) is 5.73. The van der Waals surface area contributed by atoms with E-state index in [-0.39, 0.29) is 24.2 Å². The van der Waals surface area contributed by atoms with E-state index in [1.54, 1.807) is 24.1 Å². The van der Waals surface area contributed by atoms with Crippen LogP contribution in [0.4, 0.5) is 0 Å². The Balaban J connectivity index is 0.00000312. The summed E-state index contributed by atoms with van der Waals surface area (Å²) in [7, 11) is 1.63.